The van der Waals surface area contributed by atoms with Crippen molar-refractivity contribution in [1.82, 2.24) is 0 Å². The lowest BCUT2D eigenvalue weighted by atomic mass is 9.73. The minimum Gasteiger partial charge on any atom is -0.205 e. The maximum absolute atomic E-state index is 13.9. The third kappa shape index (κ3) is 3.99. The van der Waals surface area contributed by atoms with Gasteiger partial charge in [-0.15, -0.1) is 0 Å². The van der Waals surface area contributed by atoms with Crippen molar-refractivity contribution in [2.45, 2.75) is 64.2 Å². The fourth-order valence-electron chi connectivity index (χ4n) is 5.04. The van der Waals surface area contributed by atoms with Crippen molar-refractivity contribution in [3.05, 3.63) is 81.1 Å². The highest BCUT2D eigenvalue weighted by molar-refractivity contribution is 6.30. The summed E-state index contributed by atoms with van der Waals surface area (Å²) in [6, 6.07) is 10.0. The molecule has 0 bridgehead atoms. The maximum atomic E-state index is 13.9. The quantitative estimate of drug-likeness (QED) is 0.490. The van der Waals surface area contributed by atoms with Gasteiger partial charge in [-0.1, -0.05) is 42.0 Å². The van der Waals surface area contributed by atoms with Gasteiger partial charge >= 0.3 is 0 Å². The van der Waals surface area contributed by atoms with Crippen molar-refractivity contribution in [2.24, 2.45) is 5.92 Å². The molecule has 2 aliphatic carbocycles. The van der Waals surface area contributed by atoms with Gasteiger partial charge in [-0.25, -0.2) is 4.39 Å². The summed E-state index contributed by atoms with van der Waals surface area (Å²) in [5.41, 5.74) is 7.39. The molecule has 2 aromatic rings. The second-order valence-corrected chi connectivity index (χ2v) is 8.62. The van der Waals surface area contributed by atoms with E-state index in [0.717, 1.165) is 30.7 Å². The van der Waals surface area contributed by atoms with Crippen molar-refractivity contribution in [1.29, 1.82) is 0 Å². The van der Waals surface area contributed by atoms with Crippen LogP contribution in [-0.4, -0.2) is 0 Å². The Morgan fingerprint density at radius 1 is 1.04 bits per heavy atom. The Kier molecular flexibility index (Phi) is 5.68. The zero-order valence-electron chi connectivity index (χ0n) is 16.1. The largest absolute Gasteiger partial charge is 0.205 e. The molecule has 0 saturated carbocycles. The summed E-state index contributed by atoms with van der Waals surface area (Å²) in [5, 5.41) is 0.216. The molecule has 2 aromatic carbocycles. The van der Waals surface area contributed by atoms with Gasteiger partial charge < -0.3 is 0 Å². The average molecular weight is 383 g/mol. The molecule has 2 unspecified atom stereocenters. The smallest absolute Gasteiger partial charge is 0.142 e. The maximum Gasteiger partial charge on any atom is 0.142 e. The summed E-state index contributed by atoms with van der Waals surface area (Å²) in [7, 11) is 0. The third-order valence-electron chi connectivity index (χ3n) is 6.54. The number of rotatable bonds is 4. The average Bonchev–Trinajstić information content (AvgIpc) is 2.69. The van der Waals surface area contributed by atoms with Crippen molar-refractivity contribution in [3.63, 3.8) is 0 Å². The van der Waals surface area contributed by atoms with Gasteiger partial charge in [0.1, 0.15) is 5.82 Å². The van der Waals surface area contributed by atoms with E-state index in [0.29, 0.717) is 5.92 Å². The standard InChI is InChI=1S/C25H28ClF/c1-2-3-4-5-17-6-11-22-20(14-17)7-8-21-15-18(9-12-23(21)22)19-10-13-24(26)25(27)16-19/h2-3,7-8,10,13,16-18H,4-6,9,11-12,14-15H2,1H3/b3-2+. The third-order valence-corrected chi connectivity index (χ3v) is 6.84. The molecule has 0 aliphatic heterocycles. The van der Waals surface area contributed by atoms with Crippen LogP contribution in [0, 0.1) is 11.7 Å². The Bertz CT molecular complexity index is 852. The topological polar surface area (TPSA) is 0 Å². The lowest BCUT2D eigenvalue weighted by Gasteiger charge is -2.32. The Labute approximate surface area is 167 Å². The number of fused-ring (bicyclic) bond motifs is 3. The number of halogens is 2. The van der Waals surface area contributed by atoms with Crippen LogP contribution in [0.5, 0.6) is 0 Å². The fraction of sp³-hybridized carbons (Fsp3) is 0.440. The zero-order valence-corrected chi connectivity index (χ0v) is 16.9. The van der Waals surface area contributed by atoms with Crippen LogP contribution in [0.3, 0.4) is 0 Å². The molecular weight excluding hydrogens is 355 g/mol. The van der Waals surface area contributed by atoms with Crippen molar-refractivity contribution in [2.75, 3.05) is 0 Å². The summed E-state index contributed by atoms with van der Waals surface area (Å²) in [5.74, 6) is 0.939. The minimum absolute atomic E-state index is 0.216. The summed E-state index contributed by atoms with van der Waals surface area (Å²) in [6.45, 7) is 2.11. The van der Waals surface area contributed by atoms with Gasteiger partial charge in [-0.2, -0.15) is 0 Å². The molecule has 2 atom stereocenters. The number of benzene rings is 2. The monoisotopic (exact) mass is 382 g/mol. The molecule has 0 amide bonds. The number of hydrogen-bond acceptors (Lipinski definition) is 0. The first-order chi connectivity index (χ1) is 13.2. The normalized spacial score (nSPS) is 21.9. The van der Waals surface area contributed by atoms with Gasteiger partial charge in [0.15, 0.2) is 0 Å². The van der Waals surface area contributed by atoms with E-state index in [4.69, 9.17) is 11.6 Å². The molecular formula is C25H28ClF. The molecule has 4 rings (SSSR count). The van der Waals surface area contributed by atoms with Crippen LogP contribution in [0.15, 0.2) is 42.5 Å². The van der Waals surface area contributed by atoms with E-state index in [1.54, 1.807) is 28.8 Å². The predicted molar refractivity (Wildman–Crippen MR) is 112 cm³/mol. The first-order valence-corrected chi connectivity index (χ1v) is 10.7. The molecule has 27 heavy (non-hydrogen) atoms. The molecule has 142 valence electrons. The molecule has 0 radical (unpaired) electrons. The van der Waals surface area contributed by atoms with Crippen LogP contribution >= 0.6 is 11.6 Å². The van der Waals surface area contributed by atoms with E-state index >= 15 is 0 Å². The predicted octanol–water partition coefficient (Wildman–Crippen LogP) is 7.21. The van der Waals surface area contributed by atoms with Crippen LogP contribution in [0.1, 0.15) is 66.3 Å². The molecule has 0 aromatic heterocycles. The molecule has 2 heteroatoms. The van der Waals surface area contributed by atoms with Crippen LogP contribution < -0.4 is 0 Å². The molecule has 0 nitrogen and oxygen atoms in total. The van der Waals surface area contributed by atoms with E-state index in [1.165, 1.54) is 37.7 Å². The van der Waals surface area contributed by atoms with Crippen LogP contribution in [0.2, 0.25) is 5.02 Å². The first-order valence-electron chi connectivity index (χ1n) is 10.3. The van der Waals surface area contributed by atoms with Crippen molar-refractivity contribution in [3.8, 4) is 0 Å². The Morgan fingerprint density at radius 3 is 2.52 bits per heavy atom. The highest BCUT2D eigenvalue weighted by atomic mass is 35.5. The van der Waals surface area contributed by atoms with Gasteiger partial charge in [0.25, 0.3) is 0 Å². The first kappa shape index (κ1) is 18.7. The highest BCUT2D eigenvalue weighted by Gasteiger charge is 2.27. The van der Waals surface area contributed by atoms with E-state index < -0.39 is 0 Å². The van der Waals surface area contributed by atoms with E-state index in [9.17, 15) is 4.39 Å². The van der Waals surface area contributed by atoms with Gasteiger partial charge in [-0.3, -0.25) is 0 Å². The molecule has 0 fully saturated rings. The zero-order chi connectivity index (χ0) is 18.8. The molecule has 0 N–H and O–H groups in total. The Morgan fingerprint density at radius 2 is 1.78 bits per heavy atom. The SMILES string of the molecule is C/C=C/CCC1CCc2c(ccc3c2CCC(c2ccc(Cl)c(F)c2)C3)C1. The lowest BCUT2D eigenvalue weighted by Crippen LogP contribution is -2.20. The Balaban J connectivity index is 1.51. The second kappa shape index (κ2) is 8.19. The molecule has 0 saturated heterocycles. The summed E-state index contributed by atoms with van der Waals surface area (Å²) in [4.78, 5) is 0. The van der Waals surface area contributed by atoms with Crippen LogP contribution in [0.4, 0.5) is 4.39 Å². The Hall–Kier alpha value is -1.60. The molecule has 0 heterocycles. The fourth-order valence-corrected chi connectivity index (χ4v) is 5.16. The lowest BCUT2D eigenvalue weighted by molar-refractivity contribution is 0.427. The highest BCUT2D eigenvalue weighted by Crippen LogP contribution is 2.39. The van der Waals surface area contributed by atoms with Crippen LogP contribution in [0.25, 0.3) is 0 Å². The van der Waals surface area contributed by atoms with E-state index in [-0.39, 0.29) is 10.8 Å². The van der Waals surface area contributed by atoms with Gasteiger partial charge in [-0.05, 0) is 110 Å². The molecule has 0 spiro atoms. The van der Waals surface area contributed by atoms with E-state index in [2.05, 4.69) is 31.2 Å². The number of allylic oxidation sites excluding steroid dienone is 2. The van der Waals surface area contributed by atoms with Crippen LogP contribution in [-0.2, 0) is 25.7 Å². The van der Waals surface area contributed by atoms with Crippen molar-refractivity contribution < 1.29 is 4.39 Å². The second-order valence-electron chi connectivity index (χ2n) is 8.21. The summed E-state index contributed by atoms with van der Waals surface area (Å²) in [6.07, 6.45) is 14.0. The number of hydrogen-bond donors (Lipinski definition) is 0. The van der Waals surface area contributed by atoms with Crippen molar-refractivity contribution >= 4 is 11.6 Å². The van der Waals surface area contributed by atoms with Gasteiger partial charge in [0, 0.05) is 0 Å². The minimum atomic E-state index is -0.297. The van der Waals surface area contributed by atoms with Gasteiger partial charge in [0.05, 0.1) is 5.02 Å². The van der Waals surface area contributed by atoms with E-state index in [1.807, 2.05) is 6.07 Å². The molecule has 2 aliphatic rings. The van der Waals surface area contributed by atoms with Gasteiger partial charge in [0.2, 0.25) is 0 Å². The summed E-state index contributed by atoms with van der Waals surface area (Å²) >= 11 is 5.85. The summed E-state index contributed by atoms with van der Waals surface area (Å²) < 4.78 is 13.9.